The zero-order valence-corrected chi connectivity index (χ0v) is 23.1. The lowest BCUT2D eigenvalue weighted by atomic mass is 9.76. The maximum atomic E-state index is 12.6. The number of fused-ring (bicyclic) bond motifs is 1. The van der Waals surface area contributed by atoms with Gasteiger partial charge >= 0.3 is 11.9 Å². The fraction of sp³-hybridized carbons (Fsp3) is 0.625. The van der Waals surface area contributed by atoms with E-state index in [1.807, 2.05) is 33.8 Å². The molecule has 4 heteroatoms. The molecule has 2 atom stereocenters. The zero-order valence-electron chi connectivity index (χ0n) is 23.1. The topological polar surface area (TPSA) is 52.6 Å². The lowest BCUT2D eigenvalue weighted by Crippen LogP contribution is -2.18. The Balaban J connectivity index is 1.83. The van der Waals surface area contributed by atoms with Crippen molar-refractivity contribution >= 4 is 22.7 Å². The first kappa shape index (κ1) is 28.2. The largest absolute Gasteiger partial charge is 0.426 e. The van der Waals surface area contributed by atoms with E-state index in [0.717, 1.165) is 29.5 Å². The molecule has 0 aromatic heterocycles. The summed E-state index contributed by atoms with van der Waals surface area (Å²) in [6.45, 7) is 10.0. The van der Waals surface area contributed by atoms with Crippen LogP contribution in [0.5, 0.6) is 11.5 Å². The van der Waals surface area contributed by atoms with E-state index >= 15 is 0 Å². The van der Waals surface area contributed by atoms with Crippen LogP contribution in [0.2, 0.25) is 0 Å². The van der Waals surface area contributed by atoms with E-state index in [1.54, 1.807) is 12.1 Å². The Hall–Kier alpha value is -2.36. The molecule has 36 heavy (non-hydrogen) atoms. The van der Waals surface area contributed by atoms with E-state index in [2.05, 4.69) is 19.1 Å². The third kappa shape index (κ3) is 7.33. The molecule has 0 heterocycles. The van der Waals surface area contributed by atoms with Gasteiger partial charge in [0.05, 0.1) is 11.8 Å². The molecule has 2 aromatic rings. The molecule has 1 saturated carbocycles. The summed E-state index contributed by atoms with van der Waals surface area (Å²) in [5.41, 5.74) is 1.29. The van der Waals surface area contributed by atoms with Crippen LogP contribution in [0.25, 0.3) is 10.8 Å². The molecule has 3 rings (SSSR count). The van der Waals surface area contributed by atoms with Gasteiger partial charge in [0.25, 0.3) is 0 Å². The predicted octanol–water partition coefficient (Wildman–Crippen LogP) is 8.99. The van der Waals surface area contributed by atoms with E-state index < -0.39 is 0 Å². The van der Waals surface area contributed by atoms with Gasteiger partial charge in [0.1, 0.15) is 11.5 Å². The summed E-state index contributed by atoms with van der Waals surface area (Å²) in [7, 11) is 0. The number of carbonyl (C=O) groups excluding carboxylic acids is 2. The van der Waals surface area contributed by atoms with Crippen molar-refractivity contribution in [1.29, 1.82) is 0 Å². The molecule has 0 amide bonds. The normalized spacial score (nSPS) is 19.6. The molecule has 0 spiro atoms. The average Bonchev–Trinajstić information content (AvgIpc) is 2.91. The third-order valence-corrected chi connectivity index (χ3v) is 8.20. The molecule has 4 nitrogen and oxygen atoms in total. The summed E-state index contributed by atoms with van der Waals surface area (Å²) in [5, 5.41) is 1.66. The minimum Gasteiger partial charge on any atom is -0.426 e. The van der Waals surface area contributed by atoms with Gasteiger partial charge in [-0.2, -0.15) is 0 Å². The van der Waals surface area contributed by atoms with Crippen molar-refractivity contribution in [2.24, 2.45) is 17.8 Å². The van der Waals surface area contributed by atoms with Gasteiger partial charge in [-0.05, 0) is 74.1 Å². The molecular weight excluding hydrogens is 448 g/mol. The van der Waals surface area contributed by atoms with Crippen LogP contribution in [0.15, 0.2) is 30.3 Å². The number of esters is 2. The monoisotopic (exact) mass is 494 g/mol. The number of hydrogen-bond acceptors (Lipinski definition) is 4. The van der Waals surface area contributed by atoms with Crippen molar-refractivity contribution in [3.05, 3.63) is 35.9 Å². The number of carbonyl (C=O) groups is 2. The van der Waals surface area contributed by atoms with E-state index in [4.69, 9.17) is 9.47 Å². The maximum Gasteiger partial charge on any atom is 0.314 e. The van der Waals surface area contributed by atoms with Crippen molar-refractivity contribution in [1.82, 2.24) is 0 Å². The standard InChI is InChI=1S/C32H46O4/c1-6-9-10-11-12-24-13-15-25(16-14-24)26-17-18-27-28(21-26)30(36-32(34)23(5)8-3)20-19-29(27)35-31(33)22(4)7-2/h17-25H,6-16H2,1-5H3. The van der Waals surface area contributed by atoms with Crippen LogP contribution in [0.3, 0.4) is 0 Å². The quantitative estimate of drug-likeness (QED) is 0.168. The molecule has 198 valence electrons. The Morgan fingerprint density at radius 2 is 1.36 bits per heavy atom. The highest BCUT2D eigenvalue weighted by Crippen LogP contribution is 2.41. The summed E-state index contributed by atoms with van der Waals surface area (Å²) in [5.74, 6) is 1.66. The van der Waals surface area contributed by atoms with E-state index in [-0.39, 0.29) is 23.8 Å². The van der Waals surface area contributed by atoms with E-state index in [9.17, 15) is 9.59 Å². The van der Waals surface area contributed by atoms with Crippen LogP contribution in [0.1, 0.15) is 117 Å². The van der Waals surface area contributed by atoms with Crippen LogP contribution in [0, 0.1) is 17.8 Å². The molecule has 0 aliphatic heterocycles. The summed E-state index contributed by atoms with van der Waals surface area (Å²) < 4.78 is 11.6. The Morgan fingerprint density at radius 1 is 0.778 bits per heavy atom. The van der Waals surface area contributed by atoms with Gasteiger partial charge in [0.2, 0.25) is 0 Å². The molecule has 2 aromatic carbocycles. The minimum absolute atomic E-state index is 0.167. The Kier molecular flexibility index (Phi) is 10.8. The molecule has 0 N–H and O–H groups in total. The molecule has 0 radical (unpaired) electrons. The number of rotatable bonds is 12. The molecule has 1 fully saturated rings. The van der Waals surface area contributed by atoms with Crippen LogP contribution >= 0.6 is 0 Å². The molecular formula is C32H46O4. The lowest BCUT2D eigenvalue weighted by Gasteiger charge is -2.29. The van der Waals surface area contributed by atoms with Crippen LogP contribution in [-0.4, -0.2) is 11.9 Å². The Bertz CT molecular complexity index is 1000. The van der Waals surface area contributed by atoms with Crippen molar-refractivity contribution < 1.29 is 19.1 Å². The van der Waals surface area contributed by atoms with Crippen LogP contribution in [0.4, 0.5) is 0 Å². The fourth-order valence-electron chi connectivity index (χ4n) is 5.14. The fourth-order valence-corrected chi connectivity index (χ4v) is 5.14. The Labute approximate surface area is 218 Å². The second-order valence-corrected chi connectivity index (χ2v) is 10.9. The SMILES string of the molecule is CCCCCCC1CCC(c2ccc3c(OC(=O)C(C)CC)ccc(OC(=O)C(C)CC)c3c2)CC1. The summed E-state index contributed by atoms with van der Waals surface area (Å²) in [6, 6.07) is 9.92. The molecule has 0 bridgehead atoms. The molecule has 1 aliphatic rings. The van der Waals surface area contributed by atoms with Crippen molar-refractivity contribution in [2.75, 3.05) is 0 Å². The summed E-state index contributed by atoms with van der Waals surface area (Å²) in [4.78, 5) is 25.1. The number of benzene rings is 2. The molecule has 1 aliphatic carbocycles. The van der Waals surface area contributed by atoms with Crippen molar-refractivity contribution in [2.45, 2.75) is 111 Å². The first-order valence-electron chi connectivity index (χ1n) is 14.4. The number of hydrogen-bond donors (Lipinski definition) is 0. The van der Waals surface area contributed by atoms with Crippen molar-refractivity contribution in [3.8, 4) is 11.5 Å². The number of ether oxygens (including phenoxy) is 2. The van der Waals surface area contributed by atoms with Gasteiger partial charge in [0, 0.05) is 10.8 Å². The predicted molar refractivity (Wildman–Crippen MR) is 148 cm³/mol. The van der Waals surface area contributed by atoms with E-state index in [1.165, 1.54) is 63.4 Å². The van der Waals surface area contributed by atoms with Gasteiger partial charge in [-0.1, -0.05) is 78.9 Å². The zero-order chi connectivity index (χ0) is 26.1. The Morgan fingerprint density at radius 3 is 1.92 bits per heavy atom. The molecule has 0 saturated heterocycles. The van der Waals surface area contributed by atoms with Crippen molar-refractivity contribution in [3.63, 3.8) is 0 Å². The highest BCUT2D eigenvalue weighted by atomic mass is 16.5. The van der Waals surface area contributed by atoms with Crippen LogP contribution in [-0.2, 0) is 9.59 Å². The third-order valence-electron chi connectivity index (χ3n) is 8.20. The molecule has 2 unspecified atom stereocenters. The summed E-state index contributed by atoms with van der Waals surface area (Å²) in [6.07, 6.45) is 13.2. The first-order chi connectivity index (χ1) is 17.4. The van der Waals surface area contributed by atoms with Crippen LogP contribution < -0.4 is 9.47 Å². The van der Waals surface area contributed by atoms with Gasteiger partial charge in [-0.15, -0.1) is 0 Å². The van der Waals surface area contributed by atoms with Gasteiger partial charge in [-0.3, -0.25) is 9.59 Å². The summed E-state index contributed by atoms with van der Waals surface area (Å²) >= 11 is 0. The average molecular weight is 495 g/mol. The van der Waals surface area contributed by atoms with E-state index in [0.29, 0.717) is 17.4 Å². The highest BCUT2D eigenvalue weighted by molar-refractivity contribution is 5.96. The smallest absolute Gasteiger partial charge is 0.314 e. The van der Waals surface area contributed by atoms with Gasteiger partial charge in [-0.25, -0.2) is 0 Å². The minimum atomic E-state index is -0.232. The second-order valence-electron chi connectivity index (χ2n) is 10.9. The second kappa shape index (κ2) is 13.8. The first-order valence-corrected chi connectivity index (χ1v) is 14.4. The van der Waals surface area contributed by atoms with Gasteiger partial charge in [0.15, 0.2) is 0 Å². The lowest BCUT2D eigenvalue weighted by molar-refractivity contribution is -0.139. The maximum absolute atomic E-state index is 12.6. The highest BCUT2D eigenvalue weighted by Gasteiger charge is 2.24. The van der Waals surface area contributed by atoms with Gasteiger partial charge < -0.3 is 9.47 Å². The number of unbranched alkanes of at least 4 members (excludes halogenated alkanes) is 3.